The molecular formula is C29H38Cl2N4O2. The number of halogens is 2. The minimum Gasteiger partial charge on any atom is -0.353 e. The van der Waals surface area contributed by atoms with Crippen LogP contribution in [0.25, 0.3) is 6.08 Å². The summed E-state index contributed by atoms with van der Waals surface area (Å²) in [5.74, 6) is -0.110. The lowest BCUT2D eigenvalue weighted by Gasteiger charge is -2.36. The molecule has 1 saturated heterocycles. The molecule has 1 aliphatic heterocycles. The van der Waals surface area contributed by atoms with E-state index in [9.17, 15) is 9.59 Å². The minimum absolute atomic E-state index is 0.0169. The Morgan fingerprint density at radius 1 is 0.973 bits per heavy atom. The van der Waals surface area contributed by atoms with E-state index in [1.165, 1.54) is 11.6 Å². The molecule has 0 saturated carbocycles. The molecule has 0 aliphatic carbocycles. The Bertz CT molecular complexity index is 1020. The molecule has 0 unspecified atom stereocenters. The van der Waals surface area contributed by atoms with E-state index in [1.807, 2.05) is 36.2 Å². The monoisotopic (exact) mass is 544 g/mol. The molecule has 8 heteroatoms. The molecule has 1 fully saturated rings. The fourth-order valence-corrected chi connectivity index (χ4v) is 4.78. The second-order valence-electron chi connectivity index (χ2n) is 9.51. The van der Waals surface area contributed by atoms with Gasteiger partial charge in [-0.2, -0.15) is 0 Å². The van der Waals surface area contributed by atoms with Crippen LogP contribution < -0.4 is 10.6 Å². The Morgan fingerprint density at radius 2 is 1.73 bits per heavy atom. The molecule has 3 rings (SSSR count). The van der Waals surface area contributed by atoms with Crippen molar-refractivity contribution in [2.45, 2.75) is 44.6 Å². The molecule has 2 N–H and O–H groups in total. The molecule has 200 valence electrons. The summed E-state index contributed by atoms with van der Waals surface area (Å²) in [4.78, 5) is 28.9. The molecule has 6 nitrogen and oxygen atoms in total. The van der Waals surface area contributed by atoms with Gasteiger partial charge in [0.1, 0.15) is 0 Å². The van der Waals surface area contributed by atoms with Crippen LogP contribution in [0, 0.1) is 0 Å². The van der Waals surface area contributed by atoms with Crippen molar-refractivity contribution in [3.8, 4) is 0 Å². The topological polar surface area (TPSA) is 64.7 Å². The normalized spacial score (nSPS) is 14.6. The van der Waals surface area contributed by atoms with Crippen molar-refractivity contribution < 1.29 is 9.59 Å². The lowest BCUT2D eigenvalue weighted by molar-refractivity contribution is -0.116. The lowest BCUT2D eigenvalue weighted by Crippen LogP contribution is -2.49. The first-order chi connectivity index (χ1) is 17.9. The number of urea groups is 1. The average Bonchev–Trinajstić information content (AvgIpc) is 2.91. The molecule has 37 heavy (non-hydrogen) atoms. The number of piperidine rings is 1. The fraction of sp³-hybridized carbons (Fsp3) is 0.448. The molecule has 0 aromatic heterocycles. The van der Waals surface area contributed by atoms with Crippen molar-refractivity contribution >= 4 is 41.2 Å². The van der Waals surface area contributed by atoms with Gasteiger partial charge < -0.3 is 20.4 Å². The number of rotatable bonds is 12. The number of unbranched alkanes of at least 4 members (excludes halogenated alkanes) is 2. The second-order valence-corrected chi connectivity index (χ2v) is 10.3. The number of nitrogens with zero attached hydrogens (tertiary/aromatic N) is 2. The number of nitrogens with one attached hydrogen (secondary N) is 2. The minimum atomic E-state index is -0.110. The van der Waals surface area contributed by atoms with E-state index in [-0.39, 0.29) is 11.9 Å². The van der Waals surface area contributed by atoms with E-state index >= 15 is 0 Å². The summed E-state index contributed by atoms with van der Waals surface area (Å²) < 4.78 is 0. The highest BCUT2D eigenvalue weighted by atomic mass is 35.5. The predicted octanol–water partition coefficient (Wildman–Crippen LogP) is 5.64. The Kier molecular flexibility index (Phi) is 12.3. The first-order valence-corrected chi connectivity index (χ1v) is 13.9. The molecule has 0 atom stereocenters. The van der Waals surface area contributed by atoms with Crippen molar-refractivity contribution in [2.75, 3.05) is 39.8 Å². The summed E-state index contributed by atoms with van der Waals surface area (Å²) in [6, 6.07) is 15.8. The van der Waals surface area contributed by atoms with Crippen LogP contribution in [0.3, 0.4) is 0 Å². The first kappa shape index (κ1) is 29.0. The van der Waals surface area contributed by atoms with Gasteiger partial charge >= 0.3 is 6.03 Å². The number of amides is 3. The molecule has 0 bridgehead atoms. The molecule has 0 radical (unpaired) electrons. The maximum atomic E-state index is 12.5. The number of carbonyl (C=O) groups excluding carboxylic acids is 2. The smallest absolute Gasteiger partial charge is 0.317 e. The van der Waals surface area contributed by atoms with Crippen molar-refractivity contribution in [1.82, 2.24) is 20.4 Å². The predicted molar refractivity (Wildman–Crippen MR) is 153 cm³/mol. The van der Waals surface area contributed by atoms with Gasteiger partial charge in [-0.3, -0.25) is 4.79 Å². The molecule has 3 amide bonds. The van der Waals surface area contributed by atoms with Crippen molar-refractivity contribution in [3.05, 3.63) is 75.8 Å². The van der Waals surface area contributed by atoms with Crippen LogP contribution in [0.15, 0.2) is 54.6 Å². The third-order valence-electron chi connectivity index (χ3n) is 6.78. The Labute approximate surface area is 231 Å². The maximum absolute atomic E-state index is 12.5. The molecule has 1 aliphatic rings. The maximum Gasteiger partial charge on any atom is 0.317 e. The van der Waals surface area contributed by atoms with E-state index in [0.717, 1.165) is 63.7 Å². The zero-order valence-corrected chi connectivity index (χ0v) is 23.1. The van der Waals surface area contributed by atoms with Crippen molar-refractivity contribution in [3.63, 3.8) is 0 Å². The highest BCUT2D eigenvalue weighted by Gasteiger charge is 2.24. The van der Waals surface area contributed by atoms with Gasteiger partial charge in [-0.05, 0) is 68.0 Å². The number of hydrogen-bond donors (Lipinski definition) is 2. The van der Waals surface area contributed by atoms with Crippen LogP contribution in [-0.2, 0) is 11.2 Å². The number of likely N-dealkylation sites (tertiary alicyclic amines) is 1. The van der Waals surface area contributed by atoms with Gasteiger partial charge in [-0.1, -0.05) is 66.0 Å². The Balaban J connectivity index is 1.21. The quantitative estimate of drug-likeness (QED) is 0.268. The average molecular weight is 546 g/mol. The first-order valence-electron chi connectivity index (χ1n) is 13.1. The molecule has 2 aromatic rings. The second kappa shape index (κ2) is 15.7. The number of hydrogen-bond acceptors (Lipinski definition) is 3. The number of carbonyl (C=O) groups is 2. The Hall–Kier alpha value is -2.54. The summed E-state index contributed by atoms with van der Waals surface area (Å²) in [7, 11) is 1.91. The zero-order valence-electron chi connectivity index (χ0n) is 21.6. The standard InChI is InChI=1S/C29H38Cl2N4O2/c1-34(29(37)33-18-14-23-8-4-2-5-9-23)25-15-20-35(21-16-25)19-7-3-6-17-32-28(36)13-11-24-10-12-26(30)27(31)22-24/h2,4-5,8-13,22,25H,3,6-7,14-21H2,1H3,(H,32,36)(H,33,37)/b13-11+. The van der Waals surface area contributed by atoms with Gasteiger partial charge in [0.05, 0.1) is 10.0 Å². The van der Waals surface area contributed by atoms with Gasteiger partial charge in [0, 0.05) is 45.3 Å². The number of benzene rings is 2. The zero-order chi connectivity index (χ0) is 26.5. The lowest BCUT2D eigenvalue weighted by atomic mass is 10.0. The third-order valence-corrected chi connectivity index (χ3v) is 7.52. The molecule has 1 heterocycles. The summed E-state index contributed by atoms with van der Waals surface area (Å²) in [6.45, 7) is 4.41. The fourth-order valence-electron chi connectivity index (χ4n) is 4.47. The van der Waals surface area contributed by atoms with E-state index in [4.69, 9.17) is 23.2 Å². The summed E-state index contributed by atoms with van der Waals surface area (Å²) in [6.07, 6.45) is 9.23. The SMILES string of the molecule is CN(C(=O)NCCc1ccccc1)C1CCN(CCCCCNC(=O)/C=C/c2ccc(Cl)c(Cl)c2)CC1. The van der Waals surface area contributed by atoms with Crippen LogP contribution >= 0.6 is 23.2 Å². The molecule has 0 spiro atoms. The van der Waals surface area contributed by atoms with Gasteiger partial charge in [-0.15, -0.1) is 0 Å². The largest absolute Gasteiger partial charge is 0.353 e. The highest BCUT2D eigenvalue weighted by Crippen LogP contribution is 2.23. The van der Waals surface area contributed by atoms with E-state index in [2.05, 4.69) is 27.7 Å². The van der Waals surface area contributed by atoms with Gasteiger partial charge in [0.15, 0.2) is 0 Å². The van der Waals surface area contributed by atoms with Crippen molar-refractivity contribution in [1.29, 1.82) is 0 Å². The highest BCUT2D eigenvalue weighted by molar-refractivity contribution is 6.42. The van der Waals surface area contributed by atoms with E-state index < -0.39 is 0 Å². The summed E-state index contributed by atoms with van der Waals surface area (Å²) in [5.41, 5.74) is 2.07. The summed E-state index contributed by atoms with van der Waals surface area (Å²) in [5, 5.41) is 6.95. The van der Waals surface area contributed by atoms with Crippen LogP contribution in [-0.4, -0.2) is 67.6 Å². The van der Waals surface area contributed by atoms with E-state index in [0.29, 0.717) is 29.2 Å². The van der Waals surface area contributed by atoms with Crippen LogP contribution in [0.1, 0.15) is 43.2 Å². The Morgan fingerprint density at radius 3 is 2.46 bits per heavy atom. The molecular weight excluding hydrogens is 507 g/mol. The molecule has 2 aromatic carbocycles. The van der Waals surface area contributed by atoms with E-state index in [1.54, 1.807) is 18.2 Å². The van der Waals surface area contributed by atoms with Crippen LogP contribution in [0.5, 0.6) is 0 Å². The summed E-state index contributed by atoms with van der Waals surface area (Å²) >= 11 is 11.9. The van der Waals surface area contributed by atoms with Gasteiger partial charge in [0.25, 0.3) is 0 Å². The third kappa shape index (κ3) is 10.4. The van der Waals surface area contributed by atoms with Gasteiger partial charge in [-0.25, -0.2) is 4.79 Å². The van der Waals surface area contributed by atoms with Crippen molar-refractivity contribution in [2.24, 2.45) is 0 Å². The van der Waals surface area contributed by atoms with Crippen LogP contribution in [0.2, 0.25) is 10.0 Å². The van der Waals surface area contributed by atoms with Gasteiger partial charge in [0.2, 0.25) is 5.91 Å². The van der Waals surface area contributed by atoms with Crippen LogP contribution in [0.4, 0.5) is 4.79 Å².